The monoisotopic (exact) mass is 320 g/mol. The lowest BCUT2D eigenvalue weighted by Gasteiger charge is -2.27. The summed E-state index contributed by atoms with van der Waals surface area (Å²) in [7, 11) is 1.86. The normalized spacial score (nSPS) is 13.9. The number of benzene rings is 1. The van der Waals surface area contributed by atoms with E-state index in [0.29, 0.717) is 31.6 Å². The lowest BCUT2D eigenvalue weighted by Crippen LogP contribution is -2.36. The summed E-state index contributed by atoms with van der Waals surface area (Å²) in [5.74, 6) is -0.255. The molecule has 1 aromatic carbocycles. The van der Waals surface area contributed by atoms with E-state index in [-0.39, 0.29) is 11.9 Å². The van der Waals surface area contributed by atoms with Gasteiger partial charge in [-0.05, 0) is 46.1 Å². The number of hydrogen-bond acceptors (Lipinski definition) is 2. The summed E-state index contributed by atoms with van der Waals surface area (Å²) in [5, 5.41) is 0. The quantitative estimate of drug-likeness (QED) is 0.666. The molecule has 0 N–H and O–H groups in total. The van der Waals surface area contributed by atoms with Crippen molar-refractivity contribution in [1.29, 1.82) is 0 Å². The van der Waals surface area contributed by atoms with Gasteiger partial charge >= 0.3 is 6.18 Å². The van der Waals surface area contributed by atoms with E-state index in [1.807, 2.05) is 18.9 Å². The van der Waals surface area contributed by atoms with Gasteiger partial charge in [0.15, 0.2) is 0 Å². The molecule has 2 nitrogen and oxygen atoms in total. The van der Waals surface area contributed by atoms with Crippen molar-refractivity contribution >= 4 is 0 Å². The van der Waals surface area contributed by atoms with Crippen LogP contribution in [0.1, 0.15) is 31.9 Å². The topological polar surface area (TPSA) is 6.48 Å². The fourth-order valence-electron chi connectivity index (χ4n) is 2.39. The molecular formula is C16H24F4N2. The predicted octanol–water partition coefficient (Wildman–Crippen LogP) is 4.09. The summed E-state index contributed by atoms with van der Waals surface area (Å²) in [4.78, 5) is 3.33. The minimum absolute atomic E-state index is 0.112. The van der Waals surface area contributed by atoms with Crippen LogP contribution >= 0.6 is 0 Å². The fraction of sp³-hybridized carbons (Fsp3) is 0.625. The number of alkyl halides is 3. The molecule has 0 fully saturated rings. The highest BCUT2D eigenvalue weighted by atomic mass is 19.4. The van der Waals surface area contributed by atoms with Gasteiger partial charge in [-0.2, -0.15) is 13.2 Å². The highest BCUT2D eigenvalue weighted by Gasteiger charge is 2.29. The van der Waals surface area contributed by atoms with Gasteiger partial charge in [-0.3, -0.25) is 9.80 Å². The van der Waals surface area contributed by atoms with Crippen LogP contribution in [-0.2, 0) is 0 Å². The molecule has 0 aromatic heterocycles. The van der Waals surface area contributed by atoms with Crippen LogP contribution < -0.4 is 0 Å². The largest absolute Gasteiger partial charge is 0.401 e. The van der Waals surface area contributed by atoms with Gasteiger partial charge < -0.3 is 0 Å². The Kier molecular flexibility index (Phi) is 7.29. The zero-order valence-corrected chi connectivity index (χ0v) is 13.3. The molecule has 1 atom stereocenters. The minimum atomic E-state index is -4.16. The van der Waals surface area contributed by atoms with Crippen LogP contribution in [0.4, 0.5) is 17.6 Å². The standard InChI is InChI=1S/C16H24F4N2/c1-4-22(12-16(18,19)20)11-7-10-21(3)13(2)14-8-5-6-9-15(14)17/h5-6,8-9,13H,4,7,10-12H2,1-3H3/t13-/m0/s1. The molecule has 0 saturated carbocycles. The van der Waals surface area contributed by atoms with Crippen LogP contribution in [0.25, 0.3) is 0 Å². The summed E-state index contributed by atoms with van der Waals surface area (Å²) < 4.78 is 50.9. The van der Waals surface area contributed by atoms with E-state index in [4.69, 9.17) is 0 Å². The van der Waals surface area contributed by atoms with E-state index >= 15 is 0 Å². The van der Waals surface area contributed by atoms with Crippen LogP contribution in [-0.4, -0.2) is 49.2 Å². The lowest BCUT2D eigenvalue weighted by molar-refractivity contribution is -0.145. The van der Waals surface area contributed by atoms with Crippen molar-refractivity contribution < 1.29 is 17.6 Å². The second-order valence-corrected chi connectivity index (χ2v) is 5.52. The number of nitrogens with zero attached hydrogens (tertiary/aromatic N) is 2. The molecule has 0 saturated heterocycles. The predicted molar refractivity (Wildman–Crippen MR) is 80.2 cm³/mol. The van der Waals surface area contributed by atoms with Crippen molar-refractivity contribution in [3.05, 3.63) is 35.6 Å². The molecule has 0 aliphatic carbocycles. The van der Waals surface area contributed by atoms with E-state index in [9.17, 15) is 17.6 Å². The summed E-state index contributed by atoms with van der Waals surface area (Å²) in [6.45, 7) is 4.10. The molecule has 1 rings (SSSR count). The highest BCUT2D eigenvalue weighted by Crippen LogP contribution is 2.22. The van der Waals surface area contributed by atoms with Crippen LogP contribution in [0.3, 0.4) is 0 Å². The van der Waals surface area contributed by atoms with Gasteiger partial charge in [-0.25, -0.2) is 4.39 Å². The van der Waals surface area contributed by atoms with Gasteiger partial charge in [0.05, 0.1) is 6.54 Å². The van der Waals surface area contributed by atoms with E-state index in [1.54, 1.807) is 25.1 Å². The molecule has 0 aliphatic heterocycles. The van der Waals surface area contributed by atoms with E-state index in [2.05, 4.69) is 0 Å². The average molecular weight is 320 g/mol. The van der Waals surface area contributed by atoms with Gasteiger partial charge in [0.2, 0.25) is 0 Å². The Balaban J connectivity index is 2.45. The van der Waals surface area contributed by atoms with Gasteiger partial charge in [0.25, 0.3) is 0 Å². The van der Waals surface area contributed by atoms with Crippen LogP contribution in [0.2, 0.25) is 0 Å². The molecule has 0 bridgehead atoms. The van der Waals surface area contributed by atoms with Crippen molar-refractivity contribution in [2.45, 2.75) is 32.5 Å². The van der Waals surface area contributed by atoms with E-state index in [0.717, 1.165) is 0 Å². The number of hydrogen-bond donors (Lipinski definition) is 0. The van der Waals surface area contributed by atoms with Crippen LogP contribution in [0.5, 0.6) is 0 Å². The SMILES string of the molecule is CCN(CCCN(C)[C@@H](C)c1ccccc1F)CC(F)(F)F. The van der Waals surface area contributed by atoms with E-state index < -0.39 is 12.7 Å². The first-order valence-corrected chi connectivity index (χ1v) is 7.48. The van der Waals surface area contributed by atoms with Gasteiger partial charge in [-0.15, -0.1) is 0 Å². The zero-order valence-electron chi connectivity index (χ0n) is 13.3. The second-order valence-electron chi connectivity index (χ2n) is 5.52. The molecule has 6 heteroatoms. The van der Waals surface area contributed by atoms with Crippen molar-refractivity contribution in [3.8, 4) is 0 Å². The van der Waals surface area contributed by atoms with Crippen LogP contribution in [0.15, 0.2) is 24.3 Å². The third-order valence-electron chi connectivity index (χ3n) is 3.85. The Hall–Kier alpha value is -1.14. The number of rotatable bonds is 8. The Morgan fingerprint density at radius 2 is 1.77 bits per heavy atom. The van der Waals surface area contributed by atoms with Gasteiger partial charge in [0, 0.05) is 11.6 Å². The Bertz CT molecular complexity index is 448. The van der Waals surface area contributed by atoms with Gasteiger partial charge in [0.1, 0.15) is 5.82 Å². The Labute approximate surface area is 129 Å². The lowest BCUT2D eigenvalue weighted by atomic mass is 10.1. The molecule has 0 spiro atoms. The smallest absolute Gasteiger partial charge is 0.299 e. The van der Waals surface area contributed by atoms with Gasteiger partial charge in [-0.1, -0.05) is 25.1 Å². The third kappa shape index (κ3) is 6.32. The maximum Gasteiger partial charge on any atom is 0.401 e. The highest BCUT2D eigenvalue weighted by molar-refractivity contribution is 5.20. The maximum atomic E-state index is 13.7. The van der Waals surface area contributed by atoms with Crippen molar-refractivity contribution in [1.82, 2.24) is 9.80 Å². The molecule has 0 heterocycles. The van der Waals surface area contributed by atoms with E-state index in [1.165, 1.54) is 11.0 Å². The second kappa shape index (κ2) is 8.48. The molecule has 1 aromatic rings. The number of halogens is 4. The first-order valence-electron chi connectivity index (χ1n) is 7.48. The first-order chi connectivity index (χ1) is 10.2. The molecule has 0 aliphatic rings. The molecule has 0 radical (unpaired) electrons. The van der Waals surface area contributed by atoms with Crippen molar-refractivity contribution in [3.63, 3.8) is 0 Å². The maximum absolute atomic E-state index is 13.7. The molecule has 126 valence electrons. The minimum Gasteiger partial charge on any atom is -0.299 e. The molecular weight excluding hydrogens is 296 g/mol. The Morgan fingerprint density at radius 1 is 1.14 bits per heavy atom. The average Bonchev–Trinajstić information content (AvgIpc) is 2.44. The first kappa shape index (κ1) is 18.9. The zero-order chi connectivity index (χ0) is 16.8. The van der Waals surface area contributed by atoms with Crippen molar-refractivity contribution in [2.24, 2.45) is 0 Å². The third-order valence-corrected chi connectivity index (χ3v) is 3.85. The molecule has 0 amide bonds. The summed E-state index contributed by atoms with van der Waals surface area (Å²) >= 11 is 0. The summed E-state index contributed by atoms with van der Waals surface area (Å²) in [5.41, 5.74) is 0.604. The Morgan fingerprint density at radius 3 is 2.32 bits per heavy atom. The summed E-state index contributed by atoms with van der Waals surface area (Å²) in [6, 6.07) is 6.46. The molecule has 0 unspecified atom stereocenters. The van der Waals surface area contributed by atoms with Crippen molar-refractivity contribution in [2.75, 3.05) is 33.2 Å². The fourth-order valence-corrected chi connectivity index (χ4v) is 2.39. The van der Waals surface area contributed by atoms with Crippen LogP contribution in [0, 0.1) is 5.82 Å². The summed E-state index contributed by atoms with van der Waals surface area (Å²) in [6.07, 6.45) is -3.55. The molecule has 22 heavy (non-hydrogen) atoms.